The second-order valence-electron chi connectivity index (χ2n) is 3.24. The number of hydrogen-bond acceptors (Lipinski definition) is 2. The molecule has 1 aromatic carbocycles. The molecule has 0 unspecified atom stereocenters. The van der Waals surface area contributed by atoms with Crippen molar-refractivity contribution in [3.8, 4) is 17.2 Å². The maximum Gasteiger partial charge on any atom is 0.0992 e. The Bertz CT molecular complexity index is 537. The Kier molecular flexibility index (Phi) is 2.73. The van der Waals surface area contributed by atoms with E-state index >= 15 is 0 Å². The molecule has 0 aliphatic rings. The van der Waals surface area contributed by atoms with Gasteiger partial charge in [0.1, 0.15) is 0 Å². The first kappa shape index (κ1) is 10.2. The van der Waals surface area contributed by atoms with Crippen LogP contribution in [0.15, 0.2) is 30.6 Å². The van der Waals surface area contributed by atoms with E-state index in [9.17, 15) is 0 Å². The van der Waals surface area contributed by atoms with Crippen LogP contribution in [0.5, 0.6) is 0 Å². The quantitative estimate of drug-likeness (QED) is 0.760. The topological polar surface area (TPSA) is 41.6 Å². The molecular weight excluding hydrogens is 301 g/mol. The first-order chi connectivity index (χ1) is 7.19. The first-order valence-electron chi connectivity index (χ1n) is 4.39. The van der Waals surface area contributed by atoms with Crippen molar-refractivity contribution in [2.45, 2.75) is 0 Å². The lowest BCUT2D eigenvalue weighted by molar-refractivity contribution is 0.768. The van der Waals surface area contributed by atoms with E-state index in [1.54, 1.807) is 10.9 Å². The molecule has 0 N–H and O–H groups in total. The molecule has 0 atom stereocenters. The van der Waals surface area contributed by atoms with Crippen LogP contribution in [0.3, 0.4) is 0 Å². The maximum atomic E-state index is 8.86. The standard InChI is InChI=1S/C11H8IN3/c1-15-7-10(6-14-15)9-2-8(5-13)3-11(12)4-9/h2-4,6-7H,1H3. The molecule has 1 aromatic heterocycles. The molecule has 0 saturated carbocycles. The minimum absolute atomic E-state index is 0.681. The Balaban J connectivity index is 2.54. The van der Waals surface area contributed by atoms with Gasteiger partial charge < -0.3 is 0 Å². The largest absolute Gasteiger partial charge is 0.275 e. The third kappa shape index (κ3) is 2.18. The van der Waals surface area contributed by atoms with E-state index in [1.165, 1.54) is 0 Å². The number of halogens is 1. The smallest absolute Gasteiger partial charge is 0.0992 e. The molecule has 15 heavy (non-hydrogen) atoms. The Morgan fingerprint density at radius 2 is 2.13 bits per heavy atom. The minimum atomic E-state index is 0.681. The molecular formula is C11H8IN3. The van der Waals surface area contributed by atoms with E-state index in [4.69, 9.17) is 5.26 Å². The van der Waals surface area contributed by atoms with Gasteiger partial charge in [-0.3, -0.25) is 4.68 Å². The third-order valence-electron chi connectivity index (χ3n) is 2.07. The molecule has 0 aliphatic carbocycles. The highest BCUT2D eigenvalue weighted by atomic mass is 127. The molecule has 3 nitrogen and oxygen atoms in total. The Morgan fingerprint density at radius 3 is 2.73 bits per heavy atom. The number of nitriles is 1. The molecule has 1 heterocycles. The number of hydrogen-bond donors (Lipinski definition) is 0. The molecule has 0 amide bonds. The fraction of sp³-hybridized carbons (Fsp3) is 0.0909. The van der Waals surface area contributed by atoms with E-state index in [1.807, 2.05) is 31.4 Å². The SMILES string of the molecule is Cn1cc(-c2cc(I)cc(C#N)c2)cn1. The second kappa shape index (κ2) is 4.03. The highest BCUT2D eigenvalue weighted by Gasteiger charge is 2.03. The zero-order valence-corrected chi connectivity index (χ0v) is 10.3. The van der Waals surface area contributed by atoms with Crippen LogP contribution >= 0.6 is 22.6 Å². The fourth-order valence-electron chi connectivity index (χ4n) is 1.39. The molecule has 0 spiro atoms. The highest BCUT2D eigenvalue weighted by molar-refractivity contribution is 14.1. The summed E-state index contributed by atoms with van der Waals surface area (Å²) in [5, 5.41) is 13.0. The lowest BCUT2D eigenvalue weighted by Crippen LogP contribution is -1.84. The van der Waals surface area contributed by atoms with E-state index in [2.05, 4.69) is 33.8 Å². The van der Waals surface area contributed by atoms with Gasteiger partial charge in [-0.2, -0.15) is 10.4 Å². The van der Waals surface area contributed by atoms with E-state index < -0.39 is 0 Å². The summed E-state index contributed by atoms with van der Waals surface area (Å²) in [5.41, 5.74) is 2.75. The monoisotopic (exact) mass is 309 g/mol. The molecule has 0 fully saturated rings. The molecule has 4 heteroatoms. The average molecular weight is 309 g/mol. The van der Waals surface area contributed by atoms with Gasteiger partial charge in [-0.25, -0.2) is 0 Å². The zero-order valence-electron chi connectivity index (χ0n) is 8.11. The van der Waals surface area contributed by atoms with Gasteiger partial charge >= 0.3 is 0 Å². The van der Waals surface area contributed by atoms with Crippen molar-refractivity contribution in [2.24, 2.45) is 7.05 Å². The van der Waals surface area contributed by atoms with Gasteiger partial charge in [0.25, 0.3) is 0 Å². The summed E-state index contributed by atoms with van der Waals surface area (Å²) in [7, 11) is 1.88. The van der Waals surface area contributed by atoms with Crippen molar-refractivity contribution < 1.29 is 0 Å². The van der Waals surface area contributed by atoms with Crippen LogP contribution in [-0.2, 0) is 7.05 Å². The summed E-state index contributed by atoms with van der Waals surface area (Å²) in [5.74, 6) is 0. The number of aryl methyl sites for hydroxylation is 1. The number of aromatic nitrogens is 2. The number of rotatable bonds is 1. The van der Waals surface area contributed by atoms with Crippen molar-refractivity contribution in [1.29, 1.82) is 5.26 Å². The van der Waals surface area contributed by atoms with E-state index in [0.29, 0.717) is 5.56 Å². The summed E-state index contributed by atoms with van der Waals surface area (Å²) in [6.07, 6.45) is 3.74. The fourth-order valence-corrected chi connectivity index (χ4v) is 2.06. The number of nitrogens with zero attached hydrogens (tertiary/aromatic N) is 3. The van der Waals surface area contributed by atoms with E-state index in [0.717, 1.165) is 14.7 Å². The molecule has 2 aromatic rings. The summed E-state index contributed by atoms with van der Waals surface area (Å²) in [6.45, 7) is 0. The second-order valence-corrected chi connectivity index (χ2v) is 4.49. The molecule has 0 saturated heterocycles. The molecule has 0 bridgehead atoms. The Morgan fingerprint density at radius 1 is 1.33 bits per heavy atom. The lowest BCUT2D eigenvalue weighted by Gasteiger charge is -1.99. The average Bonchev–Trinajstić information content (AvgIpc) is 2.64. The summed E-state index contributed by atoms with van der Waals surface area (Å²) in [4.78, 5) is 0. The van der Waals surface area contributed by atoms with Gasteiger partial charge in [0.15, 0.2) is 0 Å². The van der Waals surface area contributed by atoms with Crippen molar-refractivity contribution in [2.75, 3.05) is 0 Å². The third-order valence-corrected chi connectivity index (χ3v) is 2.69. The van der Waals surface area contributed by atoms with Crippen LogP contribution in [0, 0.1) is 14.9 Å². The van der Waals surface area contributed by atoms with Crippen molar-refractivity contribution in [3.63, 3.8) is 0 Å². The first-order valence-corrected chi connectivity index (χ1v) is 5.46. The van der Waals surface area contributed by atoms with Gasteiger partial charge in [0.2, 0.25) is 0 Å². The molecule has 0 aliphatic heterocycles. The summed E-state index contributed by atoms with van der Waals surface area (Å²) < 4.78 is 2.81. The highest BCUT2D eigenvalue weighted by Crippen LogP contribution is 2.22. The van der Waals surface area contributed by atoms with Crippen LogP contribution < -0.4 is 0 Å². The Labute approximate surface area is 101 Å². The van der Waals surface area contributed by atoms with Gasteiger partial charge in [-0.1, -0.05) is 0 Å². The molecule has 74 valence electrons. The maximum absolute atomic E-state index is 8.86. The normalized spacial score (nSPS) is 9.93. The molecule has 0 radical (unpaired) electrons. The van der Waals surface area contributed by atoms with Gasteiger partial charge in [0, 0.05) is 22.4 Å². The van der Waals surface area contributed by atoms with Crippen molar-refractivity contribution in [3.05, 3.63) is 39.7 Å². The van der Waals surface area contributed by atoms with Gasteiger partial charge in [-0.15, -0.1) is 0 Å². The number of benzene rings is 1. The van der Waals surface area contributed by atoms with Crippen LogP contribution in [0.1, 0.15) is 5.56 Å². The van der Waals surface area contributed by atoms with Crippen LogP contribution in [0.25, 0.3) is 11.1 Å². The van der Waals surface area contributed by atoms with Crippen LogP contribution in [0.4, 0.5) is 0 Å². The van der Waals surface area contributed by atoms with Crippen molar-refractivity contribution in [1.82, 2.24) is 9.78 Å². The Hall–Kier alpha value is -1.35. The molecule has 2 rings (SSSR count). The zero-order chi connectivity index (χ0) is 10.8. The van der Waals surface area contributed by atoms with Crippen LogP contribution in [-0.4, -0.2) is 9.78 Å². The summed E-state index contributed by atoms with van der Waals surface area (Å²) >= 11 is 2.21. The van der Waals surface area contributed by atoms with Crippen molar-refractivity contribution >= 4 is 22.6 Å². The van der Waals surface area contributed by atoms with Gasteiger partial charge in [-0.05, 0) is 46.4 Å². The van der Waals surface area contributed by atoms with E-state index in [-0.39, 0.29) is 0 Å². The van der Waals surface area contributed by atoms with Crippen LogP contribution in [0.2, 0.25) is 0 Å². The lowest BCUT2D eigenvalue weighted by atomic mass is 10.1. The minimum Gasteiger partial charge on any atom is -0.275 e. The predicted molar refractivity (Wildman–Crippen MR) is 66.1 cm³/mol. The predicted octanol–water partition coefficient (Wildman–Crippen LogP) is 2.56. The summed E-state index contributed by atoms with van der Waals surface area (Å²) in [6, 6.07) is 7.93. The van der Waals surface area contributed by atoms with Gasteiger partial charge in [0.05, 0.1) is 17.8 Å².